The normalized spacial score (nSPS) is 26.3. The Morgan fingerprint density at radius 3 is 2.67 bits per heavy atom. The van der Waals surface area contributed by atoms with E-state index in [0.717, 1.165) is 6.42 Å². The van der Waals surface area contributed by atoms with Gasteiger partial charge in [-0.2, -0.15) is 0 Å². The average Bonchev–Trinajstić information content (AvgIpc) is 2.52. The van der Waals surface area contributed by atoms with E-state index in [1.54, 1.807) is 0 Å². The second-order valence-corrected chi connectivity index (χ2v) is 6.19. The number of halogens is 1. The highest BCUT2D eigenvalue weighted by Gasteiger charge is 2.29. The van der Waals surface area contributed by atoms with Gasteiger partial charge in [0.25, 0.3) is 0 Å². The molecule has 1 aliphatic rings. The fourth-order valence-electron chi connectivity index (χ4n) is 1.27. The molecule has 12 heavy (non-hydrogen) atoms. The quantitative estimate of drug-likeness (QED) is 0.724. The molecular weight excluding hydrogens is 246 g/mol. The molecule has 4 nitrogen and oxygen atoms in total. The number of hydrogen-bond acceptors (Lipinski definition) is 3. The molecule has 0 spiro atoms. The number of hydrogen-bond donors (Lipinski definition) is 1. The third kappa shape index (κ3) is 2.18. The molecule has 1 aliphatic heterocycles. The molecule has 0 aromatic heterocycles. The summed E-state index contributed by atoms with van der Waals surface area (Å²) in [5.74, 6) is 0.124. The van der Waals surface area contributed by atoms with Gasteiger partial charge in [0.05, 0.1) is 0 Å². The molecule has 6 heteroatoms. The van der Waals surface area contributed by atoms with Crippen molar-refractivity contribution in [3.8, 4) is 0 Å². The van der Waals surface area contributed by atoms with Gasteiger partial charge in [-0.1, -0.05) is 15.9 Å². The summed E-state index contributed by atoms with van der Waals surface area (Å²) in [5.41, 5.74) is 0. The Morgan fingerprint density at radius 2 is 2.25 bits per heavy atom. The first-order chi connectivity index (χ1) is 5.60. The Kier molecular flexibility index (Phi) is 3.51. The van der Waals surface area contributed by atoms with Crippen molar-refractivity contribution in [3.05, 3.63) is 0 Å². The van der Waals surface area contributed by atoms with Gasteiger partial charge in [0.1, 0.15) is 4.66 Å². The van der Waals surface area contributed by atoms with Crippen LogP contribution in [0.4, 0.5) is 0 Å². The molecule has 0 radical (unpaired) electrons. The monoisotopic (exact) mass is 257 g/mol. The highest BCUT2D eigenvalue weighted by molar-refractivity contribution is 9.10. The Labute approximate surface area is 80.7 Å². The van der Waals surface area contributed by atoms with Crippen molar-refractivity contribution in [2.75, 3.05) is 24.4 Å². The molecule has 1 unspecified atom stereocenters. The van der Waals surface area contributed by atoms with Crippen molar-refractivity contribution >= 4 is 26.0 Å². The van der Waals surface area contributed by atoms with E-state index in [9.17, 15) is 8.42 Å². The van der Waals surface area contributed by atoms with Crippen molar-refractivity contribution in [2.45, 2.75) is 6.42 Å². The molecule has 1 heterocycles. The third-order valence-corrected chi connectivity index (χ3v) is 5.17. The zero-order valence-corrected chi connectivity index (χ0v) is 9.01. The molecule has 72 valence electrons. The molecule has 1 fully saturated rings. The van der Waals surface area contributed by atoms with Gasteiger partial charge in [0.15, 0.2) is 0 Å². The van der Waals surface area contributed by atoms with Crippen molar-refractivity contribution in [1.29, 1.82) is 0 Å². The van der Waals surface area contributed by atoms with Crippen LogP contribution < -0.4 is 0 Å². The number of sulfonamides is 1. The van der Waals surface area contributed by atoms with Crippen LogP contribution in [0.15, 0.2) is 0 Å². The van der Waals surface area contributed by atoms with Crippen LogP contribution in [0.3, 0.4) is 0 Å². The number of aliphatic hydroxyl groups excluding tert-OH is 1. The molecule has 0 bridgehead atoms. The maximum absolute atomic E-state index is 11.3. The van der Waals surface area contributed by atoms with E-state index in [-0.39, 0.29) is 17.2 Å². The molecule has 0 amide bonds. The Bertz CT molecular complexity index is 241. The first-order valence-corrected chi connectivity index (χ1v) is 6.48. The van der Waals surface area contributed by atoms with E-state index >= 15 is 0 Å². The van der Waals surface area contributed by atoms with Gasteiger partial charge >= 0.3 is 0 Å². The van der Waals surface area contributed by atoms with Gasteiger partial charge in [-0.15, -0.1) is 0 Å². The number of rotatable bonds is 3. The van der Waals surface area contributed by atoms with Crippen LogP contribution in [-0.4, -0.2) is 42.2 Å². The largest absolute Gasteiger partial charge is 0.396 e. The second kappa shape index (κ2) is 4.04. The lowest BCUT2D eigenvalue weighted by Crippen LogP contribution is -2.29. The number of aliphatic hydroxyl groups is 1. The Morgan fingerprint density at radius 1 is 1.58 bits per heavy atom. The van der Waals surface area contributed by atoms with Gasteiger partial charge in [0.2, 0.25) is 10.0 Å². The van der Waals surface area contributed by atoms with Crippen molar-refractivity contribution in [2.24, 2.45) is 5.92 Å². The lowest BCUT2D eigenvalue weighted by atomic mass is 10.1. The first kappa shape index (κ1) is 10.4. The molecule has 0 aromatic rings. The molecule has 1 saturated heterocycles. The van der Waals surface area contributed by atoms with Crippen LogP contribution in [0, 0.1) is 5.92 Å². The summed E-state index contributed by atoms with van der Waals surface area (Å²) in [6.07, 6.45) is 0.767. The lowest BCUT2D eigenvalue weighted by Gasteiger charge is -2.13. The smallest absolute Gasteiger partial charge is 0.224 e. The Balaban J connectivity index is 2.58. The van der Waals surface area contributed by atoms with Gasteiger partial charge in [0, 0.05) is 19.7 Å². The van der Waals surface area contributed by atoms with E-state index in [4.69, 9.17) is 5.11 Å². The van der Waals surface area contributed by atoms with E-state index in [1.807, 2.05) is 0 Å². The van der Waals surface area contributed by atoms with E-state index in [1.165, 1.54) is 4.31 Å². The molecule has 1 rings (SSSR count). The summed E-state index contributed by atoms with van der Waals surface area (Å²) < 4.78 is 23.9. The van der Waals surface area contributed by atoms with Gasteiger partial charge in [-0.3, -0.25) is 0 Å². The predicted molar refractivity (Wildman–Crippen MR) is 49.5 cm³/mol. The molecule has 0 aromatic carbocycles. The molecular formula is C6H12BrNO3S. The summed E-state index contributed by atoms with van der Waals surface area (Å²) in [6.45, 7) is 1.08. The minimum absolute atomic E-state index is 0.0296. The fraction of sp³-hybridized carbons (Fsp3) is 1.00. The summed E-state index contributed by atoms with van der Waals surface area (Å²) in [4.78, 5) is 0. The fourth-order valence-corrected chi connectivity index (χ4v) is 3.10. The molecule has 1 atom stereocenters. The van der Waals surface area contributed by atoms with Gasteiger partial charge in [-0.25, -0.2) is 12.7 Å². The number of alkyl halides is 1. The first-order valence-electron chi connectivity index (χ1n) is 3.75. The average molecular weight is 258 g/mol. The minimum Gasteiger partial charge on any atom is -0.396 e. The third-order valence-electron chi connectivity index (χ3n) is 2.04. The predicted octanol–water partition coefficient (Wildman–Crippen LogP) is -0.0172. The highest BCUT2D eigenvalue weighted by Crippen LogP contribution is 2.19. The van der Waals surface area contributed by atoms with Crippen LogP contribution in [0.2, 0.25) is 0 Å². The topological polar surface area (TPSA) is 57.6 Å². The maximum atomic E-state index is 11.3. The number of nitrogens with zero attached hydrogens (tertiary/aromatic N) is 1. The van der Waals surface area contributed by atoms with Crippen LogP contribution in [-0.2, 0) is 10.0 Å². The summed E-state index contributed by atoms with van der Waals surface area (Å²) in [6, 6.07) is 0. The van der Waals surface area contributed by atoms with Crippen LogP contribution >= 0.6 is 15.9 Å². The molecule has 1 N–H and O–H groups in total. The van der Waals surface area contributed by atoms with Crippen molar-refractivity contribution in [3.63, 3.8) is 0 Å². The lowest BCUT2D eigenvalue weighted by molar-refractivity contribution is 0.233. The van der Waals surface area contributed by atoms with Gasteiger partial charge in [-0.05, 0) is 12.3 Å². The summed E-state index contributed by atoms with van der Waals surface area (Å²) >= 11 is 2.93. The minimum atomic E-state index is -3.10. The van der Waals surface area contributed by atoms with E-state index in [2.05, 4.69) is 15.9 Å². The van der Waals surface area contributed by atoms with E-state index in [0.29, 0.717) is 13.1 Å². The van der Waals surface area contributed by atoms with Crippen LogP contribution in [0.5, 0.6) is 0 Å². The standard InChI is InChI=1S/C6H12BrNO3S/c7-5-12(10,11)8-2-1-6(3-8)4-9/h6,9H,1-5H2. The van der Waals surface area contributed by atoms with Crippen LogP contribution in [0.1, 0.15) is 6.42 Å². The maximum Gasteiger partial charge on any atom is 0.224 e. The highest BCUT2D eigenvalue weighted by atomic mass is 79.9. The molecule has 0 saturated carbocycles. The zero-order chi connectivity index (χ0) is 9.19. The summed E-state index contributed by atoms with van der Waals surface area (Å²) in [7, 11) is -3.10. The second-order valence-electron chi connectivity index (χ2n) is 2.92. The van der Waals surface area contributed by atoms with E-state index < -0.39 is 10.0 Å². The van der Waals surface area contributed by atoms with Crippen LogP contribution in [0.25, 0.3) is 0 Å². The Hall–Kier alpha value is 0.350. The SMILES string of the molecule is O=S(=O)(CBr)N1CCC(CO)C1. The zero-order valence-electron chi connectivity index (χ0n) is 6.61. The van der Waals surface area contributed by atoms with Crippen molar-refractivity contribution < 1.29 is 13.5 Å². The van der Waals surface area contributed by atoms with Gasteiger partial charge < -0.3 is 5.11 Å². The van der Waals surface area contributed by atoms with Crippen molar-refractivity contribution in [1.82, 2.24) is 4.31 Å². The summed E-state index contributed by atoms with van der Waals surface area (Å²) in [5, 5.41) is 8.79. The molecule has 0 aliphatic carbocycles.